The van der Waals surface area contributed by atoms with Crippen LogP contribution in [0.3, 0.4) is 0 Å². The number of nitrogens with one attached hydrogen (secondary N) is 1. The molecule has 0 saturated carbocycles. The van der Waals surface area contributed by atoms with Crippen LogP contribution in [0.1, 0.15) is 18.1 Å². The van der Waals surface area contributed by atoms with Gasteiger partial charge < -0.3 is 0 Å². The van der Waals surface area contributed by atoms with E-state index in [0.29, 0.717) is 21.7 Å². The molecule has 0 bridgehead atoms. The van der Waals surface area contributed by atoms with Crippen LogP contribution in [0.25, 0.3) is 17.1 Å². The first-order valence-electron chi connectivity index (χ1n) is 10.4. The maximum atomic E-state index is 13.1. The molecule has 0 spiro atoms. The summed E-state index contributed by atoms with van der Waals surface area (Å²) in [6, 6.07) is 21.3. The van der Waals surface area contributed by atoms with Crippen molar-refractivity contribution in [3.8, 4) is 17.1 Å². The van der Waals surface area contributed by atoms with Gasteiger partial charge in [0.1, 0.15) is 5.82 Å². The Hall–Kier alpha value is -3.49. The molecular weight excluding hydrogens is 473 g/mol. The lowest BCUT2D eigenvalue weighted by Crippen LogP contribution is -2.21. The number of hydrogen-bond donors (Lipinski definition) is 1. The van der Waals surface area contributed by atoms with Gasteiger partial charge in [-0.1, -0.05) is 65.3 Å². The number of halogens is 2. The maximum Gasteiger partial charge on any atom is 0.250 e. The Kier molecular flexibility index (Phi) is 7.40. The number of carbonyl (C=O) groups excluding carboxylic acids is 1. The van der Waals surface area contributed by atoms with Crippen LogP contribution in [0.4, 0.5) is 4.39 Å². The quantitative estimate of drug-likeness (QED) is 0.204. The highest BCUT2D eigenvalue weighted by molar-refractivity contribution is 7.99. The van der Waals surface area contributed by atoms with Gasteiger partial charge in [0.2, 0.25) is 0 Å². The van der Waals surface area contributed by atoms with Crippen LogP contribution < -0.4 is 5.43 Å². The van der Waals surface area contributed by atoms with Crippen molar-refractivity contribution in [2.24, 2.45) is 5.10 Å². The topological polar surface area (TPSA) is 72.2 Å². The number of hydrogen-bond acceptors (Lipinski definition) is 5. The number of nitrogens with zero attached hydrogens (tertiary/aromatic N) is 4. The summed E-state index contributed by atoms with van der Waals surface area (Å²) in [5.41, 5.74) is 6.71. The van der Waals surface area contributed by atoms with Crippen LogP contribution in [-0.2, 0) is 4.79 Å². The molecule has 0 aliphatic heterocycles. The van der Waals surface area contributed by atoms with Crippen molar-refractivity contribution in [1.29, 1.82) is 0 Å². The number of thioether (sulfide) groups is 1. The highest BCUT2D eigenvalue weighted by Gasteiger charge is 2.17. The zero-order valence-electron chi connectivity index (χ0n) is 18.5. The number of amides is 1. The monoisotopic (exact) mass is 493 g/mol. The molecule has 0 saturated heterocycles. The maximum absolute atomic E-state index is 13.1. The Morgan fingerprint density at radius 3 is 2.38 bits per heavy atom. The van der Waals surface area contributed by atoms with Gasteiger partial charge in [0.25, 0.3) is 5.91 Å². The number of aryl methyl sites for hydroxylation is 1. The van der Waals surface area contributed by atoms with Crippen LogP contribution in [0.5, 0.6) is 0 Å². The van der Waals surface area contributed by atoms with E-state index in [1.165, 1.54) is 23.9 Å². The minimum absolute atomic E-state index is 0.0832. The van der Waals surface area contributed by atoms with E-state index in [9.17, 15) is 9.18 Å². The van der Waals surface area contributed by atoms with E-state index in [0.717, 1.165) is 22.4 Å². The lowest BCUT2D eigenvalue weighted by atomic mass is 10.1. The zero-order chi connectivity index (χ0) is 24.1. The third-order valence-corrected chi connectivity index (χ3v) is 6.15. The fraction of sp³-hybridized carbons (Fsp3) is 0.120. The molecule has 0 radical (unpaired) electrons. The molecule has 1 aromatic heterocycles. The summed E-state index contributed by atoms with van der Waals surface area (Å²) in [4.78, 5) is 12.4. The van der Waals surface area contributed by atoms with E-state index >= 15 is 0 Å². The van der Waals surface area contributed by atoms with Gasteiger partial charge in [-0.25, -0.2) is 9.82 Å². The minimum Gasteiger partial charge on any atom is -0.272 e. The molecule has 4 rings (SSSR count). The average Bonchev–Trinajstić information content (AvgIpc) is 3.26. The second-order valence-electron chi connectivity index (χ2n) is 7.51. The predicted molar refractivity (Wildman–Crippen MR) is 134 cm³/mol. The fourth-order valence-corrected chi connectivity index (χ4v) is 4.01. The van der Waals surface area contributed by atoms with Gasteiger partial charge >= 0.3 is 0 Å². The lowest BCUT2D eigenvalue weighted by molar-refractivity contribution is -0.118. The van der Waals surface area contributed by atoms with Crippen molar-refractivity contribution in [2.45, 2.75) is 19.0 Å². The highest BCUT2D eigenvalue weighted by atomic mass is 35.5. The molecule has 9 heteroatoms. The Morgan fingerprint density at radius 1 is 1.03 bits per heavy atom. The normalized spacial score (nSPS) is 11.5. The summed E-state index contributed by atoms with van der Waals surface area (Å²) >= 11 is 7.32. The molecule has 0 aliphatic carbocycles. The second kappa shape index (κ2) is 10.6. The van der Waals surface area contributed by atoms with E-state index in [1.807, 2.05) is 47.9 Å². The Balaban J connectivity index is 1.52. The van der Waals surface area contributed by atoms with Crippen LogP contribution in [0, 0.1) is 12.7 Å². The van der Waals surface area contributed by atoms with Crippen molar-refractivity contribution < 1.29 is 9.18 Å². The molecular formula is C25H21ClFN5OS. The minimum atomic E-state index is -0.327. The molecule has 3 aromatic carbocycles. The molecule has 1 N–H and O–H groups in total. The SMILES string of the molecule is CC(=NNC(=O)CSc1nnc(-c2ccc(C)cc2)n1-c1ccc(Cl)cc1)c1ccc(F)cc1. The van der Waals surface area contributed by atoms with Gasteiger partial charge in [0.05, 0.1) is 11.5 Å². The molecule has 0 atom stereocenters. The molecule has 0 unspecified atom stereocenters. The third kappa shape index (κ3) is 5.70. The third-order valence-electron chi connectivity index (χ3n) is 4.97. The zero-order valence-corrected chi connectivity index (χ0v) is 20.1. The van der Waals surface area contributed by atoms with Crippen molar-refractivity contribution in [3.05, 3.63) is 94.8 Å². The van der Waals surface area contributed by atoms with E-state index in [1.54, 1.807) is 31.2 Å². The van der Waals surface area contributed by atoms with Gasteiger partial charge in [0.15, 0.2) is 11.0 Å². The average molecular weight is 494 g/mol. The number of hydrazone groups is 1. The van der Waals surface area contributed by atoms with Crippen LogP contribution in [-0.4, -0.2) is 32.1 Å². The summed E-state index contributed by atoms with van der Waals surface area (Å²) in [7, 11) is 0. The van der Waals surface area contributed by atoms with Crippen LogP contribution in [0.15, 0.2) is 83.1 Å². The van der Waals surface area contributed by atoms with Gasteiger partial charge in [-0.05, 0) is 55.8 Å². The Bertz CT molecular complexity index is 1320. The van der Waals surface area contributed by atoms with Crippen LogP contribution >= 0.6 is 23.4 Å². The molecule has 6 nitrogen and oxygen atoms in total. The largest absolute Gasteiger partial charge is 0.272 e. The number of carbonyl (C=O) groups is 1. The van der Waals surface area contributed by atoms with Gasteiger partial charge in [-0.3, -0.25) is 9.36 Å². The summed E-state index contributed by atoms with van der Waals surface area (Å²) in [6.07, 6.45) is 0. The van der Waals surface area contributed by atoms with E-state index < -0.39 is 0 Å². The molecule has 0 fully saturated rings. The Labute approximate surface area is 205 Å². The van der Waals surface area contributed by atoms with E-state index in [2.05, 4.69) is 20.7 Å². The first kappa shape index (κ1) is 23.7. The summed E-state index contributed by atoms with van der Waals surface area (Å²) in [6.45, 7) is 3.76. The van der Waals surface area contributed by atoms with Crippen molar-refractivity contribution >= 4 is 35.0 Å². The van der Waals surface area contributed by atoms with Crippen LogP contribution in [0.2, 0.25) is 5.02 Å². The summed E-state index contributed by atoms with van der Waals surface area (Å²) < 4.78 is 15.0. The smallest absolute Gasteiger partial charge is 0.250 e. The second-order valence-corrected chi connectivity index (χ2v) is 8.89. The van der Waals surface area contributed by atoms with E-state index in [-0.39, 0.29) is 17.5 Å². The molecule has 172 valence electrons. The highest BCUT2D eigenvalue weighted by Crippen LogP contribution is 2.28. The molecule has 1 amide bonds. The van der Waals surface area contributed by atoms with Gasteiger partial charge in [-0.15, -0.1) is 10.2 Å². The first-order chi connectivity index (χ1) is 16.4. The van der Waals surface area contributed by atoms with Gasteiger partial charge in [-0.2, -0.15) is 5.10 Å². The van der Waals surface area contributed by atoms with Crippen molar-refractivity contribution in [1.82, 2.24) is 20.2 Å². The van der Waals surface area contributed by atoms with Gasteiger partial charge in [0, 0.05) is 16.3 Å². The molecule has 1 heterocycles. The number of aromatic nitrogens is 3. The molecule has 34 heavy (non-hydrogen) atoms. The van der Waals surface area contributed by atoms with Crippen molar-refractivity contribution in [2.75, 3.05) is 5.75 Å². The fourth-order valence-electron chi connectivity index (χ4n) is 3.14. The predicted octanol–water partition coefficient (Wildman–Crippen LogP) is 5.67. The summed E-state index contributed by atoms with van der Waals surface area (Å²) in [5, 5.41) is 14.0. The Morgan fingerprint density at radius 2 is 1.71 bits per heavy atom. The first-order valence-corrected chi connectivity index (χ1v) is 11.8. The molecule has 4 aromatic rings. The lowest BCUT2D eigenvalue weighted by Gasteiger charge is -2.10. The standard InChI is InChI=1S/C25H21ClFN5OS/c1-16-3-5-19(6-4-16)24-30-31-25(32(24)22-13-9-20(26)10-14-22)34-15-23(33)29-28-17(2)18-7-11-21(27)12-8-18/h3-14H,15H2,1-2H3,(H,29,33). The summed E-state index contributed by atoms with van der Waals surface area (Å²) in [5.74, 6) is 0.121. The number of benzene rings is 3. The number of rotatable bonds is 7. The molecule has 0 aliphatic rings. The van der Waals surface area contributed by atoms with Crippen molar-refractivity contribution in [3.63, 3.8) is 0 Å². The van der Waals surface area contributed by atoms with E-state index in [4.69, 9.17) is 11.6 Å².